The third kappa shape index (κ3) is 9.46. The Labute approximate surface area is 111 Å². The minimum atomic E-state index is 0.164. The summed E-state index contributed by atoms with van der Waals surface area (Å²) in [5.74, 6) is 0.164. The largest absolute Gasteiger partial charge is 0.370 e. The van der Waals surface area contributed by atoms with E-state index in [1.165, 1.54) is 10.4 Å². The first kappa shape index (κ1) is 18.6. The first-order valence-electron chi connectivity index (χ1n) is 6.38. The van der Waals surface area contributed by atoms with Crippen molar-refractivity contribution >= 4 is 18.1 Å². The van der Waals surface area contributed by atoms with Crippen LogP contribution in [0.2, 0.25) is 0 Å². The van der Waals surface area contributed by atoms with Crippen molar-refractivity contribution in [1.29, 1.82) is 0 Å². The molecule has 18 heavy (non-hydrogen) atoms. The van der Waals surface area contributed by atoms with E-state index in [9.17, 15) is 0 Å². The summed E-state index contributed by atoms with van der Waals surface area (Å²) in [6.07, 6.45) is 4.24. The lowest BCUT2D eigenvalue weighted by atomic mass is 10.2. The maximum absolute atomic E-state index is 4.93. The van der Waals surface area contributed by atoms with Crippen LogP contribution in [0.4, 0.5) is 0 Å². The number of nitrogens with zero attached hydrogens (tertiary/aromatic N) is 1. The lowest BCUT2D eigenvalue weighted by Crippen LogP contribution is -2.22. The average Bonchev–Trinajstić information content (AvgIpc) is 2.41. The van der Waals surface area contributed by atoms with E-state index in [2.05, 4.69) is 55.3 Å². The SMILES string of the molecule is C/C=c1/cccc/c1=C/C.CC.CCN=C(N)N. The maximum Gasteiger partial charge on any atom is 0.185 e. The van der Waals surface area contributed by atoms with Crippen LogP contribution in [0, 0.1) is 0 Å². The van der Waals surface area contributed by atoms with Gasteiger partial charge >= 0.3 is 0 Å². The monoisotopic (exact) mass is 249 g/mol. The van der Waals surface area contributed by atoms with E-state index < -0.39 is 0 Å². The molecule has 0 saturated carbocycles. The minimum Gasteiger partial charge on any atom is -0.370 e. The Morgan fingerprint density at radius 3 is 1.61 bits per heavy atom. The molecule has 0 amide bonds. The minimum absolute atomic E-state index is 0.164. The van der Waals surface area contributed by atoms with Gasteiger partial charge < -0.3 is 11.5 Å². The maximum atomic E-state index is 4.93. The second kappa shape index (κ2) is 13.3. The van der Waals surface area contributed by atoms with Gasteiger partial charge in [-0.3, -0.25) is 4.99 Å². The van der Waals surface area contributed by atoms with Crippen LogP contribution in [0.25, 0.3) is 12.2 Å². The molecular formula is C15H27N3. The number of guanidine groups is 1. The zero-order valence-corrected chi connectivity index (χ0v) is 12.3. The van der Waals surface area contributed by atoms with Crippen LogP contribution in [0.15, 0.2) is 29.3 Å². The van der Waals surface area contributed by atoms with Crippen molar-refractivity contribution in [3.8, 4) is 0 Å². The molecule has 102 valence electrons. The van der Waals surface area contributed by atoms with Crippen molar-refractivity contribution in [2.24, 2.45) is 16.5 Å². The molecule has 1 aromatic carbocycles. The highest BCUT2D eigenvalue weighted by Crippen LogP contribution is 1.71. The molecule has 0 atom stereocenters. The van der Waals surface area contributed by atoms with Crippen LogP contribution in [0.5, 0.6) is 0 Å². The van der Waals surface area contributed by atoms with E-state index in [-0.39, 0.29) is 5.96 Å². The molecule has 0 saturated heterocycles. The van der Waals surface area contributed by atoms with Gasteiger partial charge in [-0.25, -0.2) is 0 Å². The normalized spacial score (nSPS) is 10.7. The number of hydrogen-bond donors (Lipinski definition) is 2. The van der Waals surface area contributed by atoms with Gasteiger partial charge in [-0.15, -0.1) is 0 Å². The molecule has 4 N–H and O–H groups in total. The third-order valence-electron chi connectivity index (χ3n) is 1.96. The van der Waals surface area contributed by atoms with E-state index in [0.29, 0.717) is 6.54 Å². The zero-order chi connectivity index (χ0) is 14.4. The molecule has 0 aliphatic carbocycles. The quantitative estimate of drug-likeness (QED) is 0.586. The summed E-state index contributed by atoms with van der Waals surface area (Å²) in [5.41, 5.74) is 9.86. The highest BCUT2D eigenvalue weighted by atomic mass is 15.0. The van der Waals surface area contributed by atoms with Crippen LogP contribution >= 0.6 is 0 Å². The fourth-order valence-corrected chi connectivity index (χ4v) is 1.22. The Hall–Kier alpha value is -1.77. The standard InChI is InChI=1S/C10H12.C3H9N3.C2H6/c1-3-9-7-5-6-8-10(9)4-2;1-2-6-3(4)5;1-2/h3-8H,1-2H3;2H2,1H3,(H4,4,5,6);1-2H3/b9-3-,10-4-;;. The Morgan fingerprint density at radius 1 is 1.06 bits per heavy atom. The van der Waals surface area contributed by atoms with Gasteiger partial charge in [0.1, 0.15) is 0 Å². The molecule has 0 bridgehead atoms. The van der Waals surface area contributed by atoms with E-state index in [1.54, 1.807) is 0 Å². The summed E-state index contributed by atoms with van der Waals surface area (Å²) in [7, 11) is 0. The van der Waals surface area contributed by atoms with Crippen molar-refractivity contribution < 1.29 is 0 Å². The van der Waals surface area contributed by atoms with Crippen molar-refractivity contribution in [3.63, 3.8) is 0 Å². The van der Waals surface area contributed by atoms with Crippen LogP contribution in [0.1, 0.15) is 34.6 Å². The Bertz CT molecular complexity index is 396. The molecule has 0 radical (unpaired) electrons. The lowest BCUT2D eigenvalue weighted by Gasteiger charge is -1.85. The van der Waals surface area contributed by atoms with Gasteiger partial charge in [-0.2, -0.15) is 0 Å². The van der Waals surface area contributed by atoms with Crippen molar-refractivity contribution in [2.75, 3.05) is 6.54 Å². The molecule has 0 fully saturated rings. The number of hydrogen-bond acceptors (Lipinski definition) is 1. The van der Waals surface area contributed by atoms with Gasteiger partial charge in [0.15, 0.2) is 5.96 Å². The molecule has 3 nitrogen and oxygen atoms in total. The van der Waals surface area contributed by atoms with E-state index in [4.69, 9.17) is 11.5 Å². The fraction of sp³-hybridized carbons (Fsp3) is 0.400. The molecule has 0 aliphatic rings. The Kier molecular flexibility index (Phi) is 13.7. The molecular weight excluding hydrogens is 222 g/mol. The summed E-state index contributed by atoms with van der Waals surface area (Å²) < 4.78 is 0. The lowest BCUT2D eigenvalue weighted by molar-refractivity contribution is 1.11. The summed E-state index contributed by atoms with van der Waals surface area (Å²) >= 11 is 0. The van der Waals surface area contributed by atoms with Gasteiger partial charge in [0, 0.05) is 6.54 Å². The predicted molar refractivity (Wildman–Crippen MR) is 83.7 cm³/mol. The second-order valence-corrected chi connectivity index (χ2v) is 3.11. The van der Waals surface area contributed by atoms with Gasteiger partial charge in [0.2, 0.25) is 0 Å². The average molecular weight is 249 g/mol. The smallest absolute Gasteiger partial charge is 0.185 e. The highest BCUT2D eigenvalue weighted by Gasteiger charge is 1.77. The summed E-state index contributed by atoms with van der Waals surface area (Å²) in [6, 6.07) is 8.36. The zero-order valence-electron chi connectivity index (χ0n) is 12.3. The van der Waals surface area contributed by atoms with Gasteiger partial charge in [-0.1, -0.05) is 50.3 Å². The molecule has 0 spiro atoms. The molecule has 0 aromatic heterocycles. The van der Waals surface area contributed by atoms with Crippen molar-refractivity contribution in [1.82, 2.24) is 0 Å². The van der Waals surface area contributed by atoms with Crippen LogP contribution in [-0.2, 0) is 0 Å². The molecule has 0 aliphatic heterocycles. The fourth-order valence-electron chi connectivity index (χ4n) is 1.22. The van der Waals surface area contributed by atoms with Gasteiger partial charge in [0.05, 0.1) is 0 Å². The highest BCUT2D eigenvalue weighted by molar-refractivity contribution is 5.75. The summed E-state index contributed by atoms with van der Waals surface area (Å²) in [5, 5.41) is 2.62. The first-order chi connectivity index (χ1) is 8.65. The van der Waals surface area contributed by atoms with Gasteiger partial charge in [0.25, 0.3) is 0 Å². The third-order valence-corrected chi connectivity index (χ3v) is 1.96. The molecule has 1 rings (SSSR count). The predicted octanol–water partition coefficient (Wildman–Crippen LogP) is 1.59. The van der Waals surface area contributed by atoms with Crippen molar-refractivity contribution in [3.05, 3.63) is 34.7 Å². The first-order valence-corrected chi connectivity index (χ1v) is 6.38. The van der Waals surface area contributed by atoms with Crippen LogP contribution < -0.4 is 21.9 Å². The number of nitrogens with two attached hydrogens (primary N) is 2. The molecule has 0 heterocycles. The Balaban J connectivity index is 0. The summed E-state index contributed by atoms with van der Waals surface area (Å²) in [4.78, 5) is 3.60. The molecule has 0 unspecified atom stereocenters. The van der Waals surface area contributed by atoms with E-state index in [1.807, 2.05) is 20.8 Å². The van der Waals surface area contributed by atoms with Crippen LogP contribution in [0.3, 0.4) is 0 Å². The second-order valence-electron chi connectivity index (χ2n) is 3.11. The Morgan fingerprint density at radius 2 is 1.44 bits per heavy atom. The number of aliphatic imine (C=N–C) groups is 1. The van der Waals surface area contributed by atoms with Crippen LogP contribution in [-0.4, -0.2) is 12.5 Å². The summed E-state index contributed by atoms with van der Waals surface area (Å²) in [6.45, 7) is 10.7. The number of benzene rings is 1. The van der Waals surface area contributed by atoms with E-state index in [0.717, 1.165) is 0 Å². The number of rotatable bonds is 1. The topological polar surface area (TPSA) is 64.4 Å². The molecule has 3 heteroatoms. The van der Waals surface area contributed by atoms with Crippen molar-refractivity contribution in [2.45, 2.75) is 34.6 Å². The van der Waals surface area contributed by atoms with E-state index >= 15 is 0 Å². The molecule has 1 aromatic rings. The van der Waals surface area contributed by atoms with Gasteiger partial charge in [-0.05, 0) is 31.2 Å².